The van der Waals surface area contributed by atoms with Crippen LogP contribution < -0.4 is 0 Å². The molecule has 3 aliphatic rings. The van der Waals surface area contributed by atoms with Crippen molar-refractivity contribution in [2.24, 2.45) is 0 Å². The maximum Gasteiger partial charge on any atom is 0.220 e. The van der Waals surface area contributed by atoms with E-state index in [0.717, 1.165) is 5.57 Å². The number of hydrogen-bond acceptors (Lipinski definition) is 7. The van der Waals surface area contributed by atoms with Gasteiger partial charge in [0, 0.05) is 21.3 Å². The summed E-state index contributed by atoms with van der Waals surface area (Å²) >= 11 is 0. The minimum Gasteiger partial charge on any atom is -0.375 e. The van der Waals surface area contributed by atoms with E-state index in [-0.39, 0.29) is 18.3 Å². The molecule has 0 saturated carbocycles. The van der Waals surface area contributed by atoms with Crippen LogP contribution in [-0.4, -0.2) is 69.7 Å². The van der Waals surface area contributed by atoms with Gasteiger partial charge in [0.1, 0.15) is 24.4 Å². The van der Waals surface area contributed by atoms with Crippen molar-refractivity contribution in [2.75, 3.05) is 27.9 Å². The summed E-state index contributed by atoms with van der Waals surface area (Å²) in [7, 11) is 4.79. The molecule has 0 bridgehead atoms. The van der Waals surface area contributed by atoms with Crippen LogP contribution in [0.5, 0.6) is 0 Å². The summed E-state index contributed by atoms with van der Waals surface area (Å²) in [5.74, 6) is -2.86. The fourth-order valence-corrected chi connectivity index (χ4v) is 3.51. The Morgan fingerprint density at radius 1 is 0.917 bits per heavy atom. The van der Waals surface area contributed by atoms with E-state index in [1.165, 1.54) is 0 Å². The second-order valence-corrected chi connectivity index (χ2v) is 7.13. The van der Waals surface area contributed by atoms with E-state index in [1.54, 1.807) is 35.2 Å². The highest BCUT2D eigenvalue weighted by Crippen LogP contribution is 2.46. The van der Waals surface area contributed by atoms with Crippen LogP contribution in [0.3, 0.4) is 0 Å². The quantitative estimate of drug-likeness (QED) is 0.721. The van der Waals surface area contributed by atoms with Gasteiger partial charge in [0.05, 0.1) is 6.61 Å². The zero-order valence-electron chi connectivity index (χ0n) is 15.5. The SMILES string of the molecule is CO[C@@H]1C=C2COC(C)(C)O[C@H]2[C@@H]2O[C@@](C)(OC)[C@](C)(OC)O[C@H]21. The molecule has 1 aliphatic carbocycles. The first-order chi connectivity index (χ1) is 11.2. The van der Waals surface area contributed by atoms with Gasteiger partial charge < -0.3 is 33.2 Å². The van der Waals surface area contributed by atoms with E-state index in [2.05, 4.69) is 0 Å². The van der Waals surface area contributed by atoms with Gasteiger partial charge in [-0.25, -0.2) is 0 Å². The third-order valence-electron chi connectivity index (χ3n) is 5.29. The highest BCUT2D eigenvalue weighted by molar-refractivity contribution is 5.24. The predicted octanol–water partition coefficient (Wildman–Crippen LogP) is 1.60. The van der Waals surface area contributed by atoms with Gasteiger partial charge >= 0.3 is 0 Å². The van der Waals surface area contributed by atoms with E-state index in [0.29, 0.717) is 6.61 Å². The Labute approximate surface area is 143 Å². The molecule has 2 saturated heterocycles. The van der Waals surface area contributed by atoms with Crippen LogP contribution in [0.25, 0.3) is 0 Å². The number of rotatable bonds is 3. The summed E-state index contributed by atoms with van der Waals surface area (Å²) in [6.45, 7) is 7.85. The van der Waals surface area contributed by atoms with Gasteiger partial charge in [0.15, 0.2) is 5.79 Å². The largest absolute Gasteiger partial charge is 0.375 e. The van der Waals surface area contributed by atoms with Gasteiger partial charge in [-0.05, 0) is 39.3 Å². The average molecular weight is 344 g/mol. The van der Waals surface area contributed by atoms with Crippen LogP contribution in [0, 0.1) is 0 Å². The molecular weight excluding hydrogens is 316 g/mol. The first-order valence-corrected chi connectivity index (χ1v) is 8.20. The molecule has 24 heavy (non-hydrogen) atoms. The summed E-state index contributed by atoms with van der Waals surface area (Å²) in [6.07, 6.45) is 0.638. The maximum absolute atomic E-state index is 6.35. The van der Waals surface area contributed by atoms with Crippen molar-refractivity contribution in [3.63, 3.8) is 0 Å². The molecular formula is C17H28O7. The van der Waals surface area contributed by atoms with Crippen LogP contribution >= 0.6 is 0 Å². The van der Waals surface area contributed by atoms with E-state index in [9.17, 15) is 0 Å². The average Bonchev–Trinajstić information content (AvgIpc) is 2.55. The summed E-state index contributed by atoms with van der Waals surface area (Å²) in [6, 6.07) is 0. The second kappa shape index (κ2) is 6.02. The lowest BCUT2D eigenvalue weighted by atomic mass is 9.86. The molecule has 0 amide bonds. The zero-order chi connectivity index (χ0) is 17.8. The lowest BCUT2D eigenvalue weighted by molar-refractivity contribution is -0.464. The van der Waals surface area contributed by atoms with Gasteiger partial charge in [-0.2, -0.15) is 0 Å². The summed E-state index contributed by atoms with van der Waals surface area (Å²) < 4.78 is 41.3. The van der Waals surface area contributed by atoms with Crippen LogP contribution in [0.15, 0.2) is 11.6 Å². The number of ether oxygens (including phenoxy) is 7. The summed E-state index contributed by atoms with van der Waals surface area (Å²) in [5.41, 5.74) is 0.991. The van der Waals surface area contributed by atoms with Crippen molar-refractivity contribution < 1.29 is 33.2 Å². The van der Waals surface area contributed by atoms with Crippen LogP contribution in [0.4, 0.5) is 0 Å². The first kappa shape index (κ1) is 18.3. The summed E-state index contributed by atoms with van der Waals surface area (Å²) in [5, 5.41) is 0. The topological polar surface area (TPSA) is 64.6 Å². The lowest BCUT2D eigenvalue weighted by Gasteiger charge is -2.57. The molecule has 2 aliphatic heterocycles. The van der Waals surface area contributed by atoms with E-state index in [4.69, 9.17) is 33.2 Å². The molecule has 0 N–H and O–H groups in total. The molecule has 0 aromatic heterocycles. The Morgan fingerprint density at radius 3 is 2.04 bits per heavy atom. The predicted molar refractivity (Wildman–Crippen MR) is 84.4 cm³/mol. The molecule has 6 atom stereocenters. The smallest absolute Gasteiger partial charge is 0.220 e. The number of fused-ring (bicyclic) bond motifs is 3. The highest BCUT2D eigenvalue weighted by atomic mass is 16.8. The third kappa shape index (κ3) is 2.72. The molecule has 0 aromatic carbocycles. The molecule has 0 unspecified atom stereocenters. The Kier molecular flexibility index (Phi) is 4.58. The van der Waals surface area contributed by atoms with E-state index in [1.807, 2.05) is 19.9 Å². The molecule has 138 valence electrons. The molecule has 2 fully saturated rings. The van der Waals surface area contributed by atoms with Crippen LogP contribution in [0.2, 0.25) is 0 Å². The number of methoxy groups -OCH3 is 3. The normalized spacial score (nSPS) is 47.5. The zero-order valence-corrected chi connectivity index (χ0v) is 15.5. The van der Waals surface area contributed by atoms with Crippen molar-refractivity contribution in [3.05, 3.63) is 11.6 Å². The molecule has 7 nitrogen and oxygen atoms in total. The molecule has 0 spiro atoms. The second-order valence-electron chi connectivity index (χ2n) is 7.13. The van der Waals surface area contributed by atoms with Crippen molar-refractivity contribution in [2.45, 2.75) is 69.5 Å². The number of hydrogen-bond donors (Lipinski definition) is 0. The van der Waals surface area contributed by atoms with Crippen molar-refractivity contribution in [1.29, 1.82) is 0 Å². The van der Waals surface area contributed by atoms with Gasteiger partial charge in [-0.3, -0.25) is 0 Å². The van der Waals surface area contributed by atoms with E-state index < -0.39 is 23.5 Å². The summed E-state index contributed by atoms with van der Waals surface area (Å²) in [4.78, 5) is 0. The van der Waals surface area contributed by atoms with Crippen molar-refractivity contribution in [1.82, 2.24) is 0 Å². The fraction of sp³-hybridized carbons (Fsp3) is 0.882. The fourth-order valence-electron chi connectivity index (χ4n) is 3.51. The Morgan fingerprint density at radius 2 is 1.50 bits per heavy atom. The Hall–Kier alpha value is -0.540. The highest BCUT2D eigenvalue weighted by Gasteiger charge is 2.61. The maximum atomic E-state index is 6.35. The third-order valence-corrected chi connectivity index (χ3v) is 5.29. The minimum atomic E-state index is -1.09. The lowest BCUT2D eigenvalue weighted by Crippen LogP contribution is -2.71. The van der Waals surface area contributed by atoms with Crippen LogP contribution in [0.1, 0.15) is 27.7 Å². The molecule has 3 rings (SSSR count). The standard InChI is InChI=1S/C17H28O7/c1-15(2)21-9-10-8-11(18-5)13-14(12(10)22-15)24-17(4,20-7)16(3,19-6)23-13/h8,11-14H,9H2,1-7H3/t11-,12-,13+,14+,16-,17-/m1/s1. The van der Waals surface area contributed by atoms with Gasteiger partial charge in [-0.15, -0.1) is 0 Å². The monoisotopic (exact) mass is 344 g/mol. The Bertz CT molecular complexity index is 519. The first-order valence-electron chi connectivity index (χ1n) is 8.20. The molecule has 7 heteroatoms. The van der Waals surface area contributed by atoms with Crippen LogP contribution in [-0.2, 0) is 33.2 Å². The van der Waals surface area contributed by atoms with Crippen molar-refractivity contribution in [3.8, 4) is 0 Å². The van der Waals surface area contributed by atoms with E-state index >= 15 is 0 Å². The Balaban J connectivity index is 1.99. The van der Waals surface area contributed by atoms with Gasteiger partial charge in [0.2, 0.25) is 11.6 Å². The van der Waals surface area contributed by atoms with Gasteiger partial charge in [0.25, 0.3) is 0 Å². The molecule has 0 aromatic rings. The van der Waals surface area contributed by atoms with Gasteiger partial charge in [-0.1, -0.05) is 0 Å². The molecule has 2 heterocycles. The van der Waals surface area contributed by atoms with Crippen molar-refractivity contribution >= 4 is 0 Å². The minimum absolute atomic E-state index is 0.287. The molecule has 0 radical (unpaired) electrons.